The fraction of sp³-hybridized carbons (Fsp3) is 0.357. The number of nitrogens with zero attached hydrogens (tertiary/aromatic N) is 3. The number of hydrogen-bond acceptors (Lipinski definition) is 4. The van der Waals surface area contributed by atoms with Gasteiger partial charge in [0, 0.05) is 23.7 Å². The summed E-state index contributed by atoms with van der Waals surface area (Å²) in [4.78, 5) is 16.5. The van der Waals surface area contributed by atoms with Crippen molar-refractivity contribution in [1.82, 2.24) is 20.1 Å². The predicted octanol–water partition coefficient (Wildman–Crippen LogP) is 0.914. The molecular formula is C14H17N5O. The van der Waals surface area contributed by atoms with Gasteiger partial charge >= 0.3 is 0 Å². The molecule has 2 aromatic rings. The van der Waals surface area contributed by atoms with Crippen molar-refractivity contribution in [3.05, 3.63) is 41.5 Å². The topological polar surface area (TPSA) is 85.8 Å². The summed E-state index contributed by atoms with van der Waals surface area (Å²) in [6.07, 6.45) is 1.72. The highest BCUT2D eigenvalue weighted by Gasteiger charge is 2.22. The van der Waals surface area contributed by atoms with E-state index >= 15 is 0 Å². The Labute approximate surface area is 117 Å². The minimum atomic E-state index is -0.0948. The standard InChI is InChI=1S/C14H17N5O/c1-9-16-13-6-5-12(8-19(13)18-9)17-14(20)10-3-2-4-11(15)7-10/h2-4,7,12H,5-6,8,15H2,1H3,(H,17,20). The Morgan fingerprint density at radius 3 is 3.15 bits per heavy atom. The Kier molecular flexibility index (Phi) is 3.14. The molecule has 1 aromatic carbocycles. The minimum absolute atomic E-state index is 0.0810. The number of anilines is 1. The average molecular weight is 271 g/mol. The fourth-order valence-electron chi connectivity index (χ4n) is 2.50. The van der Waals surface area contributed by atoms with Gasteiger partial charge in [0.05, 0.1) is 6.54 Å². The molecule has 1 aliphatic heterocycles. The highest BCUT2D eigenvalue weighted by atomic mass is 16.1. The van der Waals surface area contributed by atoms with Crippen molar-refractivity contribution >= 4 is 11.6 Å². The van der Waals surface area contributed by atoms with Gasteiger partial charge in [-0.15, -0.1) is 0 Å². The number of nitrogens with two attached hydrogens (primary N) is 1. The molecule has 6 heteroatoms. The highest BCUT2D eigenvalue weighted by molar-refractivity contribution is 5.95. The van der Waals surface area contributed by atoms with Crippen molar-refractivity contribution in [2.24, 2.45) is 0 Å². The van der Waals surface area contributed by atoms with Crippen LogP contribution in [-0.2, 0) is 13.0 Å². The lowest BCUT2D eigenvalue weighted by Crippen LogP contribution is -2.41. The number of aryl methyl sites for hydroxylation is 2. The lowest BCUT2D eigenvalue weighted by molar-refractivity contribution is 0.0926. The van der Waals surface area contributed by atoms with Gasteiger partial charge in [-0.25, -0.2) is 9.67 Å². The van der Waals surface area contributed by atoms with Crippen LogP contribution in [0.1, 0.15) is 28.4 Å². The van der Waals surface area contributed by atoms with E-state index in [2.05, 4.69) is 15.4 Å². The van der Waals surface area contributed by atoms with E-state index in [0.29, 0.717) is 17.8 Å². The first kappa shape index (κ1) is 12.7. The second-order valence-electron chi connectivity index (χ2n) is 5.09. The van der Waals surface area contributed by atoms with Gasteiger partial charge in [0.2, 0.25) is 0 Å². The summed E-state index contributed by atoms with van der Waals surface area (Å²) in [5.74, 6) is 1.68. The lowest BCUT2D eigenvalue weighted by Gasteiger charge is -2.23. The number of fused-ring (bicyclic) bond motifs is 1. The predicted molar refractivity (Wildman–Crippen MR) is 75.2 cm³/mol. The van der Waals surface area contributed by atoms with Crippen LogP contribution in [0.4, 0.5) is 5.69 Å². The van der Waals surface area contributed by atoms with Crippen LogP contribution >= 0.6 is 0 Å². The summed E-state index contributed by atoms with van der Waals surface area (Å²) < 4.78 is 1.88. The minimum Gasteiger partial charge on any atom is -0.399 e. The van der Waals surface area contributed by atoms with Gasteiger partial charge in [0.1, 0.15) is 11.6 Å². The summed E-state index contributed by atoms with van der Waals surface area (Å²) in [5.41, 5.74) is 6.87. The molecule has 3 rings (SSSR count). The van der Waals surface area contributed by atoms with Crippen molar-refractivity contribution in [3.63, 3.8) is 0 Å². The maximum Gasteiger partial charge on any atom is 0.251 e. The van der Waals surface area contributed by atoms with Crippen molar-refractivity contribution in [1.29, 1.82) is 0 Å². The zero-order valence-corrected chi connectivity index (χ0v) is 11.3. The molecule has 1 unspecified atom stereocenters. The summed E-state index contributed by atoms with van der Waals surface area (Å²) in [6, 6.07) is 7.08. The molecule has 0 saturated heterocycles. The van der Waals surface area contributed by atoms with Crippen molar-refractivity contribution in [3.8, 4) is 0 Å². The van der Waals surface area contributed by atoms with E-state index in [1.165, 1.54) is 0 Å². The van der Waals surface area contributed by atoms with Crippen molar-refractivity contribution < 1.29 is 4.79 Å². The van der Waals surface area contributed by atoms with Crippen LogP contribution in [0.25, 0.3) is 0 Å². The number of carbonyl (C=O) groups excluding carboxylic acids is 1. The van der Waals surface area contributed by atoms with E-state index in [1.54, 1.807) is 24.3 Å². The highest BCUT2D eigenvalue weighted by Crippen LogP contribution is 2.14. The third-order valence-corrected chi connectivity index (χ3v) is 3.45. The van der Waals surface area contributed by atoms with Gasteiger partial charge in [-0.05, 0) is 31.5 Å². The van der Waals surface area contributed by atoms with Crippen LogP contribution in [0.15, 0.2) is 24.3 Å². The van der Waals surface area contributed by atoms with Crippen LogP contribution in [0, 0.1) is 6.92 Å². The SMILES string of the molecule is Cc1nc2n(n1)CC(NC(=O)c1cccc(N)c1)CC2. The number of aromatic nitrogens is 3. The van der Waals surface area contributed by atoms with Gasteiger partial charge in [-0.2, -0.15) is 5.10 Å². The normalized spacial score (nSPS) is 17.6. The Hall–Kier alpha value is -2.37. The van der Waals surface area contributed by atoms with Crippen molar-refractivity contribution in [2.45, 2.75) is 32.4 Å². The molecule has 6 nitrogen and oxygen atoms in total. The molecule has 1 amide bonds. The van der Waals surface area contributed by atoms with Gasteiger partial charge in [-0.3, -0.25) is 4.79 Å². The molecule has 1 aliphatic rings. The maximum absolute atomic E-state index is 12.2. The molecule has 2 heterocycles. The number of rotatable bonds is 2. The summed E-state index contributed by atoms with van der Waals surface area (Å²) in [6.45, 7) is 2.55. The zero-order chi connectivity index (χ0) is 14.1. The molecule has 1 atom stereocenters. The molecule has 0 radical (unpaired) electrons. The van der Waals surface area contributed by atoms with E-state index in [1.807, 2.05) is 11.6 Å². The summed E-state index contributed by atoms with van der Waals surface area (Å²) in [5, 5.41) is 7.36. The summed E-state index contributed by atoms with van der Waals surface area (Å²) in [7, 11) is 0. The number of carbonyl (C=O) groups is 1. The number of nitrogens with one attached hydrogen (secondary N) is 1. The second-order valence-corrected chi connectivity index (χ2v) is 5.09. The van der Waals surface area contributed by atoms with Crippen LogP contribution in [-0.4, -0.2) is 26.7 Å². The first-order valence-corrected chi connectivity index (χ1v) is 6.68. The van der Waals surface area contributed by atoms with Crippen LogP contribution in [0.3, 0.4) is 0 Å². The number of hydrogen-bond donors (Lipinski definition) is 2. The molecular weight excluding hydrogens is 254 g/mol. The monoisotopic (exact) mass is 271 g/mol. The van der Waals surface area contributed by atoms with E-state index in [9.17, 15) is 4.79 Å². The van der Waals surface area contributed by atoms with Gasteiger partial charge in [-0.1, -0.05) is 6.07 Å². The van der Waals surface area contributed by atoms with Crippen LogP contribution < -0.4 is 11.1 Å². The number of amides is 1. The zero-order valence-electron chi connectivity index (χ0n) is 11.3. The van der Waals surface area contributed by atoms with Gasteiger partial charge < -0.3 is 11.1 Å². The Bertz CT molecular complexity index is 649. The quantitative estimate of drug-likeness (QED) is 0.795. The number of benzene rings is 1. The molecule has 0 spiro atoms. The molecule has 0 fully saturated rings. The number of nitrogen functional groups attached to an aromatic ring is 1. The smallest absolute Gasteiger partial charge is 0.251 e. The van der Waals surface area contributed by atoms with Gasteiger partial charge in [0.15, 0.2) is 0 Å². The molecule has 104 valence electrons. The first-order valence-electron chi connectivity index (χ1n) is 6.68. The largest absolute Gasteiger partial charge is 0.399 e. The molecule has 0 aliphatic carbocycles. The Morgan fingerprint density at radius 2 is 2.35 bits per heavy atom. The molecule has 1 aromatic heterocycles. The van der Waals surface area contributed by atoms with Crippen LogP contribution in [0.2, 0.25) is 0 Å². The van der Waals surface area contributed by atoms with E-state index in [4.69, 9.17) is 5.73 Å². The third-order valence-electron chi connectivity index (χ3n) is 3.45. The fourth-order valence-corrected chi connectivity index (χ4v) is 2.50. The molecule has 20 heavy (non-hydrogen) atoms. The molecule has 0 saturated carbocycles. The van der Waals surface area contributed by atoms with E-state index in [0.717, 1.165) is 24.5 Å². The van der Waals surface area contributed by atoms with Gasteiger partial charge in [0.25, 0.3) is 5.91 Å². The van der Waals surface area contributed by atoms with Crippen molar-refractivity contribution in [2.75, 3.05) is 5.73 Å². The third kappa shape index (κ3) is 2.49. The van der Waals surface area contributed by atoms with E-state index < -0.39 is 0 Å². The summed E-state index contributed by atoms with van der Waals surface area (Å²) >= 11 is 0. The maximum atomic E-state index is 12.2. The average Bonchev–Trinajstić information content (AvgIpc) is 2.78. The molecule has 3 N–H and O–H groups in total. The Morgan fingerprint density at radius 1 is 1.50 bits per heavy atom. The molecule has 0 bridgehead atoms. The first-order chi connectivity index (χ1) is 9.61. The van der Waals surface area contributed by atoms with Crippen LogP contribution in [0.5, 0.6) is 0 Å². The second kappa shape index (κ2) is 4.96. The Balaban J connectivity index is 1.69. The lowest BCUT2D eigenvalue weighted by atomic mass is 10.1. The van der Waals surface area contributed by atoms with E-state index in [-0.39, 0.29) is 11.9 Å².